The van der Waals surface area contributed by atoms with Crippen molar-refractivity contribution in [1.29, 1.82) is 0 Å². The summed E-state index contributed by atoms with van der Waals surface area (Å²) in [7, 11) is 3.72. The predicted molar refractivity (Wildman–Crippen MR) is 82.7 cm³/mol. The van der Waals surface area contributed by atoms with E-state index in [1.807, 2.05) is 27.9 Å². The number of nitrogens with one attached hydrogen (secondary N) is 2. The highest BCUT2D eigenvalue weighted by Crippen LogP contribution is 2.20. The Morgan fingerprint density at radius 3 is 2.48 bits per heavy atom. The van der Waals surface area contributed by atoms with E-state index < -0.39 is 0 Å². The van der Waals surface area contributed by atoms with Gasteiger partial charge < -0.3 is 15.5 Å². The van der Waals surface area contributed by atoms with Crippen molar-refractivity contribution in [2.45, 2.75) is 13.8 Å². The van der Waals surface area contributed by atoms with Gasteiger partial charge in [0.05, 0.1) is 0 Å². The van der Waals surface area contributed by atoms with Crippen molar-refractivity contribution in [2.75, 3.05) is 36.2 Å². The summed E-state index contributed by atoms with van der Waals surface area (Å²) in [5.74, 6) is 1.19. The second kappa shape index (κ2) is 6.34. The van der Waals surface area contributed by atoms with Crippen LogP contribution in [0.1, 0.15) is 12.5 Å². The molecule has 0 aliphatic heterocycles. The molecule has 0 fully saturated rings. The quantitative estimate of drug-likeness (QED) is 0.882. The molecule has 0 atom stereocenters. The molecule has 1 heterocycles. The van der Waals surface area contributed by atoms with E-state index in [0.717, 1.165) is 11.3 Å². The largest absolute Gasteiger partial charge is 0.354 e. The molecule has 0 bridgehead atoms. The van der Waals surface area contributed by atoms with Gasteiger partial charge in [-0.05, 0) is 37.6 Å². The van der Waals surface area contributed by atoms with Crippen LogP contribution < -0.4 is 15.5 Å². The molecular weight excluding hydrogens is 271 g/mol. The normalized spacial score (nSPS) is 10.3. The van der Waals surface area contributed by atoms with E-state index in [9.17, 15) is 4.39 Å². The van der Waals surface area contributed by atoms with Crippen molar-refractivity contribution in [1.82, 2.24) is 15.0 Å². The molecule has 21 heavy (non-hydrogen) atoms. The number of halogens is 1. The summed E-state index contributed by atoms with van der Waals surface area (Å²) >= 11 is 0. The molecular formula is C14H19FN6. The minimum Gasteiger partial charge on any atom is -0.354 e. The van der Waals surface area contributed by atoms with E-state index in [0.29, 0.717) is 24.4 Å². The Bertz CT molecular complexity index is 629. The number of rotatable bonds is 5. The van der Waals surface area contributed by atoms with Crippen LogP contribution in [0.15, 0.2) is 18.2 Å². The van der Waals surface area contributed by atoms with E-state index >= 15 is 0 Å². The highest BCUT2D eigenvalue weighted by atomic mass is 19.1. The van der Waals surface area contributed by atoms with Crippen LogP contribution in [0.3, 0.4) is 0 Å². The van der Waals surface area contributed by atoms with Gasteiger partial charge in [0.25, 0.3) is 0 Å². The van der Waals surface area contributed by atoms with Gasteiger partial charge in [0.15, 0.2) is 0 Å². The Kier molecular flexibility index (Phi) is 4.52. The fourth-order valence-electron chi connectivity index (χ4n) is 1.75. The van der Waals surface area contributed by atoms with Gasteiger partial charge in [0.2, 0.25) is 17.8 Å². The zero-order valence-corrected chi connectivity index (χ0v) is 12.6. The molecule has 7 heteroatoms. The van der Waals surface area contributed by atoms with Gasteiger partial charge in [-0.3, -0.25) is 0 Å². The van der Waals surface area contributed by atoms with Crippen LogP contribution in [0.2, 0.25) is 0 Å². The number of aromatic nitrogens is 3. The topological polar surface area (TPSA) is 66.0 Å². The molecule has 0 aliphatic rings. The van der Waals surface area contributed by atoms with Crippen molar-refractivity contribution in [3.63, 3.8) is 0 Å². The number of anilines is 4. The minimum atomic E-state index is -0.268. The molecule has 0 saturated heterocycles. The van der Waals surface area contributed by atoms with Crippen LogP contribution in [0.4, 0.5) is 27.9 Å². The number of hydrogen-bond acceptors (Lipinski definition) is 6. The second-order valence-electron chi connectivity index (χ2n) is 4.79. The summed E-state index contributed by atoms with van der Waals surface area (Å²) in [6, 6.07) is 4.52. The van der Waals surface area contributed by atoms with Crippen LogP contribution in [0.5, 0.6) is 0 Å². The number of hydrogen-bond donors (Lipinski definition) is 2. The van der Waals surface area contributed by atoms with Gasteiger partial charge in [-0.1, -0.05) is 0 Å². The third kappa shape index (κ3) is 3.77. The monoisotopic (exact) mass is 290 g/mol. The van der Waals surface area contributed by atoms with Crippen LogP contribution >= 0.6 is 0 Å². The zero-order valence-electron chi connectivity index (χ0n) is 12.6. The Balaban J connectivity index is 2.33. The van der Waals surface area contributed by atoms with Gasteiger partial charge >= 0.3 is 0 Å². The SMILES string of the molecule is CCNc1nc(Nc2ccc(F)cc2C)nc(N(C)C)n1. The summed E-state index contributed by atoms with van der Waals surface area (Å²) in [6.07, 6.45) is 0. The molecule has 2 aromatic rings. The van der Waals surface area contributed by atoms with Crippen molar-refractivity contribution >= 4 is 23.5 Å². The highest BCUT2D eigenvalue weighted by Gasteiger charge is 2.09. The fourth-order valence-corrected chi connectivity index (χ4v) is 1.75. The number of nitrogens with zero attached hydrogens (tertiary/aromatic N) is 4. The average Bonchev–Trinajstić information content (AvgIpc) is 2.42. The Morgan fingerprint density at radius 2 is 1.86 bits per heavy atom. The van der Waals surface area contributed by atoms with E-state index in [2.05, 4.69) is 25.6 Å². The molecule has 2 rings (SSSR count). The molecule has 0 amide bonds. The maximum absolute atomic E-state index is 13.1. The second-order valence-corrected chi connectivity index (χ2v) is 4.79. The van der Waals surface area contributed by atoms with Crippen molar-refractivity contribution in [3.8, 4) is 0 Å². The summed E-state index contributed by atoms with van der Waals surface area (Å²) in [6.45, 7) is 4.51. The molecule has 112 valence electrons. The molecule has 6 nitrogen and oxygen atoms in total. The first-order valence-corrected chi connectivity index (χ1v) is 6.70. The lowest BCUT2D eigenvalue weighted by Gasteiger charge is -2.14. The first-order chi connectivity index (χ1) is 9.99. The lowest BCUT2D eigenvalue weighted by molar-refractivity contribution is 0.627. The molecule has 0 aliphatic carbocycles. The van der Waals surface area contributed by atoms with Gasteiger partial charge in [-0.2, -0.15) is 15.0 Å². The van der Waals surface area contributed by atoms with E-state index in [4.69, 9.17) is 0 Å². The summed E-state index contributed by atoms with van der Waals surface area (Å²) < 4.78 is 13.1. The maximum Gasteiger partial charge on any atom is 0.233 e. The van der Waals surface area contributed by atoms with Crippen molar-refractivity contribution in [3.05, 3.63) is 29.6 Å². The summed E-state index contributed by atoms with van der Waals surface area (Å²) in [4.78, 5) is 14.7. The Hall–Kier alpha value is -2.44. The lowest BCUT2D eigenvalue weighted by atomic mass is 10.2. The van der Waals surface area contributed by atoms with Crippen molar-refractivity contribution < 1.29 is 4.39 Å². The van der Waals surface area contributed by atoms with Gasteiger partial charge in [-0.15, -0.1) is 0 Å². The van der Waals surface area contributed by atoms with Gasteiger partial charge in [0, 0.05) is 26.3 Å². The van der Waals surface area contributed by atoms with E-state index in [-0.39, 0.29) is 5.82 Å². The molecule has 1 aromatic heterocycles. The summed E-state index contributed by atoms with van der Waals surface area (Å²) in [5.41, 5.74) is 1.54. The van der Waals surface area contributed by atoms with Crippen LogP contribution in [0, 0.1) is 12.7 Å². The molecule has 2 N–H and O–H groups in total. The Morgan fingerprint density at radius 1 is 1.14 bits per heavy atom. The highest BCUT2D eigenvalue weighted by molar-refractivity contribution is 5.59. The minimum absolute atomic E-state index is 0.268. The number of benzene rings is 1. The van der Waals surface area contributed by atoms with Crippen LogP contribution in [-0.2, 0) is 0 Å². The maximum atomic E-state index is 13.1. The fraction of sp³-hybridized carbons (Fsp3) is 0.357. The van der Waals surface area contributed by atoms with Gasteiger partial charge in [0.1, 0.15) is 5.82 Å². The molecule has 0 radical (unpaired) electrons. The molecule has 1 aromatic carbocycles. The first-order valence-electron chi connectivity index (χ1n) is 6.70. The standard InChI is InChI=1S/C14H19FN6/c1-5-16-12-18-13(20-14(19-12)21(3)4)17-11-7-6-10(15)8-9(11)2/h6-8H,5H2,1-4H3,(H2,16,17,18,19,20). The average molecular weight is 290 g/mol. The first kappa shape index (κ1) is 15.0. The van der Waals surface area contributed by atoms with Gasteiger partial charge in [-0.25, -0.2) is 4.39 Å². The summed E-state index contributed by atoms with van der Waals surface area (Å²) in [5, 5.41) is 6.16. The van der Waals surface area contributed by atoms with Crippen LogP contribution in [0.25, 0.3) is 0 Å². The van der Waals surface area contributed by atoms with E-state index in [1.54, 1.807) is 11.0 Å². The molecule has 0 spiro atoms. The van der Waals surface area contributed by atoms with E-state index in [1.165, 1.54) is 12.1 Å². The smallest absolute Gasteiger partial charge is 0.233 e. The molecule has 0 saturated carbocycles. The third-order valence-corrected chi connectivity index (χ3v) is 2.79. The van der Waals surface area contributed by atoms with Crippen molar-refractivity contribution in [2.24, 2.45) is 0 Å². The predicted octanol–water partition coefficient (Wildman–Crippen LogP) is 2.56. The van der Waals surface area contributed by atoms with Crippen LogP contribution in [-0.4, -0.2) is 35.6 Å². The zero-order chi connectivity index (χ0) is 15.4. The number of aryl methyl sites for hydroxylation is 1. The lowest BCUT2D eigenvalue weighted by Crippen LogP contribution is -2.16. The molecule has 0 unspecified atom stereocenters. The third-order valence-electron chi connectivity index (χ3n) is 2.79. The Labute approximate surface area is 123 Å².